The van der Waals surface area contributed by atoms with Crippen molar-refractivity contribution in [3.63, 3.8) is 0 Å². The van der Waals surface area contributed by atoms with Gasteiger partial charge in [-0.3, -0.25) is 0 Å². The summed E-state index contributed by atoms with van der Waals surface area (Å²) in [5.74, 6) is -1.24. The lowest BCUT2D eigenvalue weighted by atomic mass is 10.4. The number of aryl methyl sites for hydroxylation is 1. The Kier molecular flexibility index (Phi) is 4.23. The van der Waals surface area contributed by atoms with Crippen LogP contribution >= 0.6 is 22.7 Å². The molecule has 0 saturated carbocycles. The fraction of sp³-hybridized carbons (Fsp3) is 0.273. The molecule has 1 N–H and O–H groups in total. The van der Waals surface area contributed by atoms with Crippen molar-refractivity contribution in [3.8, 4) is 0 Å². The second kappa shape index (κ2) is 5.60. The zero-order valence-electron chi connectivity index (χ0n) is 10.7. The number of carbonyl (C=O) groups is 1. The molecule has 6 nitrogen and oxygen atoms in total. The van der Waals surface area contributed by atoms with Gasteiger partial charge in [-0.05, 0) is 18.4 Å². The highest BCUT2D eigenvalue weighted by Gasteiger charge is 2.28. The van der Waals surface area contributed by atoms with Gasteiger partial charge in [-0.25, -0.2) is 18.2 Å². The number of nitrogens with zero attached hydrogens (tertiary/aromatic N) is 2. The van der Waals surface area contributed by atoms with E-state index < -0.39 is 16.0 Å². The van der Waals surface area contributed by atoms with Gasteiger partial charge in [0.2, 0.25) is 10.0 Å². The molecule has 0 aromatic carbocycles. The summed E-state index contributed by atoms with van der Waals surface area (Å²) in [5.41, 5.74) is 2.43. The minimum atomic E-state index is -3.82. The predicted molar refractivity (Wildman–Crippen MR) is 76.8 cm³/mol. The van der Waals surface area contributed by atoms with Crippen molar-refractivity contribution in [2.24, 2.45) is 0 Å². The Morgan fingerprint density at radius 2 is 2.15 bits per heavy atom. The first-order valence-electron chi connectivity index (χ1n) is 5.50. The van der Waals surface area contributed by atoms with Crippen LogP contribution in [0.1, 0.15) is 20.2 Å². The number of rotatable bonds is 5. The van der Waals surface area contributed by atoms with Crippen LogP contribution in [0.5, 0.6) is 0 Å². The van der Waals surface area contributed by atoms with Gasteiger partial charge in [0.05, 0.1) is 11.2 Å². The number of carboxylic acids is 1. The molecule has 0 radical (unpaired) electrons. The minimum absolute atomic E-state index is 0.167. The summed E-state index contributed by atoms with van der Waals surface area (Å²) in [6, 6.07) is 1.32. The van der Waals surface area contributed by atoms with Crippen LogP contribution in [0.2, 0.25) is 0 Å². The fourth-order valence-corrected chi connectivity index (χ4v) is 4.87. The van der Waals surface area contributed by atoms with E-state index in [9.17, 15) is 13.2 Å². The Morgan fingerprint density at radius 1 is 1.45 bits per heavy atom. The number of thiazole rings is 1. The van der Waals surface area contributed by atoms with Crippen LogP contribution < -0.4 is 0 Å². The molecule has 0 aliphatic carbocycles. The van der Waals surface area contributed by atoms with Crippen LogP contribution in [-0.4, -0.2) is 35.8 Å². The minimum Gasteiger partial charge on any atom is -0.477 e. The first-order valence-corrected chi connectivity index (χ1v) is 8.70. The van der Waals surface area contributed by atoms with Crippen molar-refractivity contribution in [2.45, 2.75) is 18.4 Å². The van der Waals surface area contributed by atoms with Crippen LogP contribution in [0.25, 0.3) is 0 Å². The normalized spacial score (nSPS) is 11.9. The van der Waals surface area contributed by atoms with Gasteiger partial charge in [0.15, 0.2) is 0 Å². The highest BCUT2D eigenvalue weighted by molar-refractivity contribution is 7.89. The number of carboxylic acid groups (broad SMARTS) is 1. The van der Waals surface area contributed by atoms with E-state index in [4.69, 9.17) is 5.11 Å². The summed E-state index contributed by atoms with van der Waals surface area (Å²) in [4.78, 5) is 15.6. The summed E-state index contributed by atoms with van der Waals surface area (Å²) in [6.07, 6.45) is 0. The van der Waals surface area contributed by atoms with E-state index in [-0.39, 0.29) is 16.3 Å². The predicted octanol–water partition coefficient (Wildman–Crippen LogP) is 2.03. The number of aromatic carboxylic acids is 1. The summed E-state index contributed by atoms with van der Waals surface area (Å²) in [7, 11) is -2.39. The molecule has 2 aromatic heterocycles. The first-order chi connectivity index (χ1) is 9.34. The first kappa shape index (κ1) is 15.1. The van der Waals surface area contributed by atoms with Crippen molar-refractivity contribution in [1.82, 2.24) is 9.29 Å². The standard InChI is InChI=1S/C11H12N2O4S3/c1-7-8(19-6-12-7)5-13(2)20(16,17)9-3-4-18-10(9)11(14)15/h3-4,6H,5H2,1-2H3,(H,14,15). The second-order valence-corrected chi connectivity index (χ2v) is 7.91. The Balaban J connectivity index is 2.32. The molecule has 2 heterocycles. The Bertz CT molecular complexity index is 732. The van der Waals surface area contributed by atoms with Gasteiger partial charge in [-0.15, -0.1) is 22.7 Å². The van der Waals surface area contributed by atoms with Crippen LogP contribution in [0.3, 0.4) is 0 Å². The van der Waals surface area contributed by atoms with Gasteiger partial charge < -0.3 is 5.11 Å². The lowest BCUT2D eigenvalue weighted by Gasteiger charge is -2.16. The Labute approximate surface area is 124 Å². The maximum Gasteiger partial charge on any atom is 0.347 e. The molecule has 108 valence electrons. The van der Waals surface area contributed by atoms with Gasteiger partial charge in [0, 0.05) is 18.5 Å². The highest BCUT2D eigenvalue weighted by atomic mass is 32.2. The molecule has 0 amide bonds. The average molecular weight is 332 g/mol. The van der Waals surface area contributed by atoms with E-state index in [1.807, 2.05) is 0 Å². The van der Waals surface area contributed by atoms with Crippen LogP contribution in [0, 0.1) is 6.92 Å². The van der Waals surface area contributed by atoms with E-state index in [0.717, 1.165) is 26.2 Å². The average Bonchev–Trinajstić information content (AvgIpc) is 2.99. The maximum atomic E-state index is 12.4. The lowest BCUT2D eigenvalue weighted by molar-refractivity contribution is 0.0698. The van der Waals surface area contributed by atoms with Gasteiger partial charge in [0.1, 0.15) is 9.77 Å². The third-order valence-electron chi connectivity index (χ3n) is 2.72. The van der Waals surface area contributed by atoms with Crippen molar-refractivity contribution >= 4 is 38.7 Å². The molecule has 2 rings (SSSR count). The number of aromatic nitrogens is 1. The summed E-state index contributed by atoms with van der Waals surface area (Å²) in [6.45, 7) is 1.98. The fourth-order valence-electron chi connectivity index (χ4n) is 1.59. The molecule has 0 aliphatic rings. The zero-order valence-corrected chi connectivity index (χ0v) is 13.2. The van der Waals surface area contributed by atoms with Crippen LogP contribution in [-0.2, 0) is 16.6 Å². The number of hydrogen-bond acceptors (Lipinski definition) is 6. The van der Waals surface area contributed by atoms with E-state index in [2.05, 4.69) is 4.98 Å². The van der Waals surface area contributed by atoms with Gasteiger partial charge in [-0.1, -0.05) is 0 Å². The third-order valence-corrected chi connectivity index (χ3v) is 6.52. The molecule has 0 bridgehead atoms. The number of hydrogen-bond donors (Lipinski definition) is 1. The Morgan fingerprint density at radius 3 is 2.70 bits per heavy atom. The maximum absolute atomic E-state index is 12.4. The number of sulfonamides is 1. The van der Waals surface area contributed by atoms with E-state index in [1.165, 1.54) is 29.8 Å². The zero-order chi connectivity index (χ0) is 14.9. The molecule has 9 heteroatoms. The van der Waals surface area contributed by atoms with E-state index in [1.54, 1.807) is 12.4 Å². The quantitative estimate of drug-likeness (QED) is 0.905. The van der Waals surface area contributed by atoms with Crippen molar-refractivity contribution < 1.29 is 18.3 Å². The molecule has 0 spiro atoms. The number of thiophene rings is 1. The van der Waals surface area contributed by atoms with Crippen LogP contribution in [0.15, 0.2) is 21.9 Å². The van der Waals surface area contributed by atoms with Crippen LogP contribution in [0.4, 0.5) is 0 Å². The molecule has 0 atom stereocenters. The van der Waals surface area contributed by atoms with Gasteiger partial charge >= 0.3 is 5.97 Å². The molecule has 0 saturated heterocycles. The van der Waals surface area contributed by atoms with Gasteiger partial charge in [-0.2, -0.15) is 4.31 Å². The highest BCUT2D eigenvalue weighted by Crippen LogP contribution is 2.26. The molecule has 20 heavy (non-hydrogen) atoms. The molecule has 0 fully saturated rings. The van der Waals surface area contributed by atoms with Crippen molar-refractivity contribution in [1.29, 1.82) is 0 Å². The van der Waals surface area contributed by atoms with E-state index in [0.29, 0.717) is 0 Å². The summed E-state index contributed by atoms with van der Waals surface area (Å²) < 4.78 is 26.0. The molecular weight excluding hydrogens is 320 g/mol. The summed E-state index contributed by atoms with van der Waals surface area (Å²) >= 11 is 2.27. The SMILES string of the molecule is Cc1ncsc1CN(C)S(=O)(=O)c1ccsc1C(=O)O. The largest absolute Gasteiger partial charge is 0.477 e. The van der Waals surface area contributed by atoms with E-state index >= 15 is 0 Å². The summed E-state index contributed by atoms with van der Waals surface area (Å²) in [5, 5.41) is 10.5. The lowest BCUT2D eigenvalue weighted by Crippen LogP contribution is -2.27. The molecular formula is C11H12N2O4S3. The second-order valence-electron chi connectivity index (χ2n) is 4.04. The molecule has 0 unspecified atom stereocenters. The topological polar surface area (TPSA) is 87.6 Å². The monoisotopic (exact) mass is 332 g/mol. The Hall–Kier alpha value is -1.29. The third kappa shape index (κ3) is 2.75. The van der Waals surface area contributed by atoms with Gasteiger partial charge in [0.25, 0.3) is 0 Å². The van der Waals surface area contributed by atoms with Crippen molar-refractivity contribution in [3.05, 3.63) is 32.4 Å². The molecule has 0 aliphatic heterocycles. The smallest absolute Gasteiger partial charge is 0.347 e. The molecule has 2 aromatic rings. The van der Waals surface area contributed by atoms with Crippen molar-refractivity contribution in [2.75, 3.05) is 7.05 Å².